The Labute approximate surface area is 218 Å². The van der Waals surface area contributed by atoms with Gasteiger partial charge in [0.2, 0.25) is 0 Å². The maximum Gasteiger partial charge on any atom is 0.488 e. The molecule has 2 aliphatic carbocycles. The summed E-state index contributed by atoms with van der Waals surface area (Å²) in [6.07, 6.45) is 0.152. The highest BCUT2D eigenvalue weighted by molar-refractivity contribution is 6.58. The molecule has 1 saturated heterocycles. The van der Waals surface area contributed by atoms with E-state index in [0.717, 1.165) is 43.0 Å². The molecule has 38 heavy (non-hydrogen) atoms. The monoisotopic (exact) mass is 528 g/mol. The third kappa shape index (κ3) is 4.92. The van der Waals surface area contributed by atoms with Gasteiger partial charge in [0.15, 0.2) is 0 Å². The van der Waals surface area contributed by atoms with Crippen LogP contribution in [-0.4, -0.2) is 58.6 Å². The zero-order chi connectivity index (χ0) is 26.7. The summed E-state index contributed by atoms with van der Waals surface area (Å²) in [5, 5.41) is 22.2. The van der Waals surface area contributed by atoms with Crippen molar-refractivity contribution in [2.75, 3.05) is 18.0 Å². The van der Waals surface area contributed by atoms with Gasteiger partial charge >= 0.3 is 13.3 Å². The zero-order valence-electron chi connectivity index (χ0n) is 20.7. The van der Waals surface area contributed by atoms with E-state index in [9.17, 15) is 28.0 Å². The fourth-order valence-electron chi connectivity index (χ4n) is 5.20. The third-order valence-corrected chi connectivity index (χ3v) is 7.75. The van der Waals surface area contributed by atoms with E-state index in [0.29, 0.717) is 49.3 Å². The Kier molecular flexibility index (Phi) is 6.23. The minimum atomic E-state index is -4.54. The number of nitrogens with zero attached hydrogens (tertiary/aromatic N) is 3. The van der Waals surface area contributed by atoms with E-state index in [-0.39, 0.29) is 23.8 Å². The fourth-order valence-corrected chi connectivity index (χ4v) is 5.20. The van der Waals surface area contributed by atoms with E-state index < -0.39 is 24.5 Å². The number of amides is 1. The van der Waals surface area contributed by atoms with E-state index in [4.69, 9.17) is 9.73 Å². The van der Waals surface area contributed by atoms with Crippen molar-refractivity contribution in [1.82, 2.24) is 10.3 Å². The van der Waals surface area contributed by atoms with Crippen LogP contribution < -0.4 is 15.7 Å². The van der Waals surface area contributed by atoms with E-state index in [1.165, 1.54) is 6.07 Å². The minimum Gasteiger partial charge on any atom is -0.423 e. The van der Waals surface area contributed by atoms with Gasteiger partial charge in [0, 0.05) is 35.8 Å². The van der Waals surface area contributed by atoms with Crippen LogP contribution in [0.4, 0.5) is 18.9 Å². The SMILES string of the molecule is O=C1NC(c2ccc(C(F)(F)F)nc2C2CC2)=NC12CCN(c1cc(B(O)O)ccc1COC1CC1)CC2. The van der Waals surface area contributed by atoms with Gasteiger partial charge in [0.05, 0.1) is 18.4 Å². The first-order valence-electron chi connectivity index (χ1n) is 13.0. The number of carbonyl (C=O) groups excluding carboxylic acids is 1. The molecule has 1 aromatic carbocycles. The second kappa shape index (κ2) is 9.35. The molecular formula is C26H28BF3N4O4. The molecule has 0 atom stereocenters. The number of nitrogens with one attached hydrogen (secondary N) is 1. The molecule has 2 aliphatic heterocycles. The molecule has 0 bridgehead atoms. The molecule has 2 aromatic rings. The predicted octanol–water partition coefficient (Wildman–Crippen LogP) is 2.25. The van der Waals surface area contributed by atoms with Gasteiger partial charge in [-0.05, 0) is 62.2 Å². The molecule has 1 amide bonds. The third-order valence-electron chi connectivity index (χ3n) is 7.75. The van der Waals surface area contributed by atoms with E-state index in [2.05, 4.69) is 15.2 Å². The van der Waals surface area contributed by atoms with Crippen LogP contribution in [0.5, 0.6) is 0 Å². The van der Waals surface area contributed by atoms with Crippen molar-refractivity contribution in [1.29, 1.82) is 0 Å². The lowest BCUT2D eigenvalue weighted by Crippen LogP contribution is -2.49. The fraction of sp³-hybridized carbons (Fsp3) is 0.500. The Hall–Kier alpha value is -2.96. The molecule has 2 saturated carbocycles. The van der Waals surface area contributed by atoms with E-state index in [1.54, 1.807) is 12.1 Å². The summed E-state index contributed by atoms with van der Waals surface area (Å²) in [6, 6.07) is 7.56. The summed E-state index contributed by atoms with van der Waals surface area (Å²) >= 11 is 0. The number of aliphatic imine (C=N–C) groups is 1. The Morgan fingerprint density at radius 2 is 1.84 bits per heavy atom. The van der Waals surface area contributed by atoms with Crippen LogP contribution >= 0.6 is 0 Å². The minimum absolute atomic E-state index is 0.0595. The number of piperidine rings is 1. The van der Waals surface area contributed by atoms with Crippen LogP contribution in [0.3, 0.4) is 0 Å². The number of aromatic nitrogens is 1. The number of alkyl halides is 3. The number of pyridine rings is 1. The van der Waals surface area contributed by atoms with Crippen molar-refractivity contribution in [3.63, 3.8) is 0 Å². The van der Waals surface area contributed by atoms with Crippen LogP contribution in [-0.2, 0) is 22.3 Å². The van der Waals surface area contributed by atoms with Crippen LogP contribution in [0.15, 0.2) is 35.3 Å². The van der Waals surface area contributed by atoms with Crippen LogP contribution in [0, 0.1) is 0 Å². The molecule has 8 nitrogen and oxygen atoms in total. The van der Waals surface area contributed by atoms with Gasteiger partial charge in [-0.2, -0.15) is 13.2 Å². The molecule has 12 heteroatoms. The van der Waals surface area contributed by atoms with Gasteiger partial charge < -0.3 is 25.0 Å². The average Bonchev–Trinajstić information content (AvgIpc) is 3.81. The molecule has 1 aromatic heterocycles. The van der Waals surface area contributed by atoms with Gasteiger partial charge in [-0.25, -0.2) is 4.98 Å². The first-order valence-corrected chi connectivity index (χ1v) is 13.0. The number of amidine groups is 1. The maximum absolute atomic E-state index is 13.3. The number of rotatable bonds is 7. The van der Waals surface area contributed by atoms with Crippen LogP contribution in [0.2, 0.25) is 0 Å². The molecular weight excluding hydrogens is 500 g/mol. The number of anilines is 1. The van der Waals surface area contributed by atoms with Crippen molar-refractivity contribution in [3.8, 4) is 0 Å². The van der Waals surface area contributed by atoms with E-state index >= 15 is 0 Å². The molecule has 0 unspecified atom stereocenters. The maximum atomic E-state index is 13.3. The summed E-state index contributed by atoms with van der Waals surface area (Å²) in [5.41, 5.74) is 0.988. The van der Waals surface area contributed by atoms with Crippen LogP contribution in [0.1, 0.15) is 67.0 Å². The van der Waals surface area contributed by atoms with Gasteiger partial charge in [0.1, 0.15) is 17.1 Å². The van der Waals surface area contributed by atoms with E-state index in [1.807, 2.05) is 6.07 Å². The smallest absolute Gasteiger partial charge is 0.423 e. The molecule has 0 radical (unpaired) electrons. The molecule has 3 fully saturated rings. The molecule has 3 N–H and O–H groups in total. The Morgan fingerprint density at radius 1 is 1.11 bits per heavy atom. The lowest BCUT2D eigenvalue weighted by Gasteiger charge is -2.38. The number of halogens is 3. The summed E-state index contributed by atoms with van der Waals surface area (Å²) in [4.78, 5) is 23.9. The predicted molar refractivity (Wildman–Crippen MR) is 134 cm³/mol. The quantitative estimate of drug-likeness (QED) is 0.477. The lowest BCUT2D eigenvalue weighted by molar-refractivity contribution is -0.141. The average molecular weight is 528 g/mol. The highest BCUT2D eigenvalue weighted by Gasteiger charge is 2.47. The first kappa shape index (κ1) is 25.3. The number of hydrogen-bond donors (Lipinski definition) is 3. The summed E-state index contributed by atoms with van der Waals surface area (Å²) in [6.45, 7) is 1.40. The summed E-state index contributed by atoms with van der Waals surface area (Å²) in [5.74, 6) is -0.0307. The highest BCUT2D eigenvalue weighted by Crippen LogP contribution is 2.43. The molecule has 1 spiro atoms. The van der Waals surface area contributed by atoms with Gasteiger partial charge in [0.25, 0.3) is 5.91 Å². The topological polar surface area (TPSA) is 107 Å². The normalized spacial score (nSPS) is 21.0. The van der Waals surface area contributed by atoms with Crippen molar-refractivity contribution in [2.45, 2.75) is 68.9 Å². The molecule has 6 rings (SSSR count). The van der Waals surface area contributed by atoms with Gasteiger partial charge in [-0.1, -0.05) is 12.1 Å². The summed E-state index contributed by atoms with van der Waals surface area (Å²) < 4.78 is 45.7. The summed E-state index contributed by atoms with van der Waals surface area (Å²) in [7, 11) is -1.60. The second-order valence-corrected chi connectivity index (χ2v) is 10.6. The van der Waals surface area contributed by atoms with Gasteiger partial charge in [-0.15, -0.1) is 0 Å². The molecule has 4 aliphatic rings. The van der Waals surface area contributed by atoms with Crippen molar-refractivity contribution < 1.29 is 32.8 Å². The van der Waals surface area contributed by atoms with Crippen molar-refractivity contribution in [3.05, 3.63) is 52.8 Å². The second-order valence-electron chi connectivity index (χ2n) is 10.6. The van der Waals surface area contributed by atoms with Crippen molar-refractivity contribution in [2.24, 2.45) is 4.99 Å². The highest BCUT2D eigenvalue weighted by atomic mass is 19.4. The zero-order valence-corrected chi connectivity index (χ0v) is 20.7. The molecule has 200 valence electrons. The largest absolute Gasteiger partial charge is 0.488 e. The standard InChI is InChI=1S/C26H28BF3N4O4/c28-26(29,30)21-8-7-19(22(31-21)15-1-2-15)23-32-24(35)25(33-23)9-11-34(12-10-25)20-13-17(27(36)37)4-3-16(20)14-38-18-5-6-18/h3-4,7-8,13,15,18,36-37H,1-2,5-6,9-12,14H2,(H,32,33,35). The number of carbonyl (C=O) groups is 1. The Morgan fingerprint density at radius 3 is 2.47 bits per heavy atom. The number of benzene rings is 1. The Bertz CT molecular complexity index is 1290. The van der Waals surface area contributed by atoms with Crippen molar-refractivity contribution >= 4 is 30.0 Å². The Balaban J connectivity index is 1.24. The molecule has 3 heterocycles. The van der Waals surface area contributed by atoms with Gasteiger partial charge in [-0.3, -0.25) is 9.79 Å². The number of hydrogen-bond acceptors (Lipinski definition) is 7. The van der Waals surface area contributed by atoms with Crippen LogP contribution in [0.25, 0.3) is 0 Å². The first-order chi connectivity index (χ1) is 18.1. The number of ether oxygens (including phenoxy) is 1. The lowest BCUT2D eigenvalue weighted by atomic mass is 9.79.